The van der Waals surface area contributed by atoms with Crippen LogP contribution in [0.5, 0.6) is 0 Å². The van der Waals surface area contributed by atoms with Crippen molar-refractivity contribution < 1.29 is 0 Å². The van der Waals surface area contributed by atoms with E-state index < -0.39 is 0 Å². The monoisotopic (exact) mass is 223 g/mol. The predicted octanol–water partition coefficient (Wildman–Crippen LogP) is 0.464. The van der Waals surface area contributed by atoms with Crippen molar-refractivity contribution in [1.29, 1.82) is 0 Å². The molecule has 0 radical (unpaired) electrons. The van der Waals surface area contributed by atoms with Crippen LogP contribution in [0.1, 0.15) is 0 Å². The summed E-state index contributed by atoms with van der Waals surface area (Å²) in [5.41, 5.74) is 0. The van der Waals surface area contributed by atoms with Crippen LogP contribution in [-0.2, 0) is 0 Å². The number of thioether (sulfide) groups is 3. The summed E-state index contributed by atoms with van der Waals surface area (Å²) in [7, 11) is 0. The van der Waals surface area contributed by atoms with Gasteiger partial charge in [0.05, 0.1) is 10.7 Å². The van der Waals surface area contributed by atoms with Gasteiger partial charge in [-0.15, -0.1) is 35.3 Å². The van der Waals surface area contributed by atoms with Gasteiger partial charge in [-0.1, -0.05) is 0 Å². The number of rotatable bonds is 1. The minimum Gasteiger partial charge on any atom is -0.292 e. The van der Waals surface area contributed by atoms with Crippen molar-refractivity contribution in [3.8, 4) is 0 Å². The van der Waals surface area contributed by atoms with E-state index in [1.165, 1.54) is 10.2 Å². The molecule has 0 aromatic carbocycles. The molecule has 2 aliphatic heterocycles. The Morgan fingerprint density at radius 2 is 1.67 bits per heavy atom. The molecule has 0 bridgehead atoms. The summed E-state index contributed by atoms with van der Waals surface area (Å²) in [6.45, 7) is 1.87. The van der Waals surface area contributed by atoms with Crippen molar-refractivity contribution in [3.05, 3.63) is 0 Å². The number of hydrogen-bond acceptors (Lipinski definition) is 6. The summed E-state index contributed by atoms with van der Waals surface area (Å²) in [6, 6.07) is 0. The highest BCUT2D eigenvalue weighted by molar-refractivity contribution is 8.32. The highest BCUT2D eigenvalue weighted by atomic mass is 32.3. The lowest BCUT2D eigenvalue weighted by atomic mass is 10.5. The van der Waals surface area contributed by atoms with E-state index in [2.05, 4.69) is 16.0 Å². The van der Waals surface area contributed by atoms with Gasteiger partial charge in [-0.25, -0.2) is 0 Å². The summed E-state index contributed by atoms with van der Waals surface area (Å²) < 4.78 is 0.688. The average Bonchev–Trinajstić information content (AvgIpc) is 2.21. The Labute approximate surface area is 85.6 Å². The number of nitrogens with one attached hydrogen (secondary N) is 3. The molecule has 2 rings (SSSR count). The lowest BCUT2D eigenvalue weighted by Crippen LogP contribution is -2.59. The highest BCUT2D eigenvalue weighted by Gasteiger charge is 2.25. The molecule has 6 heteroatoms. The maximum Gasteiger partial charge on any atom is 0.0808 e. The Hall–Kier alpha value is 0.930. The largest absolute Gasteiger partial charge is 0.292 e. The summed E-state index contributed by atoms with van der Waals surface area (Å²) in [5.74, 6) is 0. The highest BCUT2D eigenvalue weighted by Crippen LogP contribution is 2.37. The van der Waals surface area contributed by atoms with Crippen LogP contribution in [-0.4, -0.2) is 34.3 Å². The minimum atomic E-state index is 0.488. The van der Waals surface area contributed by atoms with E-state index in [0.717, 1.165) is 13.3 Å². The van der Waals surface area contributed by atoms with E-state index in [0.29, 0.717) is 10.7 Å². The maximum absolute atomic E-state index is 3.42. The van der Waals surface area contributed by atoms with Crippen LogP contribution in [0.4, 0.5) is 0 Å². The Kier molecular flexibility index (Phi) is 3.93. The Morgan fingerprint density at radius 1 is 1.00 bits per heavy atom. The molecule has 2 heterocycles. The molecule has 0 aliphatic carbocycles. The lowest BCUT2D eigenvalue weighted by molar-refractivity contribution is 0.353. The lowest BCUT2D eigenvalue weighted by Gasteiger charge is -2.33. The van der Waals surface area contributed by atoms with Crippen LogP contribution in [0.25, 0.3) is 0 Å². The van der Waals surface area contributed by atoms with Gasteiger partial charge in [0, 0.05) is 23.5 Å². The van der Waals surface area contributed by atoms with Crippen molar-refractivity contribution in [3.63, 3.8) is 0 Å². The first-order valence-electron chi connectivity index (χ1n) is 3.95. The minimum absolute atomic E-state index is 0.488. The second-order valence-corrected chi connectivity index (χ2v) is 6.91. The third kappa shape index (κ3) is 2.46. The Bertz CT molecular complexity index is 118. The van der Waals surface area contributed by atoms with Crippen LogP contribution in [0.3, 0.4) is 0 Å². The van der Waals surface area contributed by atoms with E-state index in [-0.39, 0.29) is 0 Å². The second kappa shape index (κ2) is 4.97. The second-order valence-electron chi connectivity index (χ2n) is 2.63. The van der Waals surface area contributed by atoms with E-state index in [9.17, 15) is 0 Å². The summed E-state index contributed by atoms with van der Waals surface area (Å²) in [4.78, 5) is 0. The zero-order valence-corrected chi connectivity index (χ0v) is 9.16. The van der Waals surface area contributed by atoms with Gasteiger partial charge in [-0.2, -0.15) is 0 Å². The third-order valence-corrected chi connectivity index (χ3v) is 6.24. The first kappa shape index (κ1) is 9.48. The summed E-state index contributed by atoms with van der Waals surface area (Å²) in [5, 5.41) is 12.5. The standard InChI is InChI=1S/C6H13N3S3/c1-7-2-9-5(8-1)6-11-3-10-4-12-6/h5-9H,1-4H2. The molecule has 70 valence electrons. The predicted molar refractivity (Wildman–Crippen MR) is 59.2 cm³/mol. The zero-order valence-electron chi connectivity index (χ0n) is 6.71. The zero-order chi connectivity index (χ0) is 8.23. The Morgan fingerprint density at radius 3 is 2.33 bits per heavy atom. The maximum atomic E-state index is 3.42. The van der Waals surface area contributed by atoms with Gasteiger partial charge in [-0.05, 0) is 0 Å². The van der Waals surface area contributed by atoms with Crippen LogP contribution in [0.2, 0.25) is 0 Å². The fourth-order valence-corrected chi connectivity index (χ4v) is 6.08. The van der Waals surface area contributed by atoms with Gasteiger partial charge in [0.15, 0.2) is 0 Å². The molecule has 0 spiro atoms. The number of hydrogen-bond donors (Lipinski definition) is 3. The van der Waals surface area contributed by atoms with Gasteiger partial charge in [0.2, 0.25) is 0 Å². The fourth-order valence-electron chi connectivity index (χ4n) is 1.20. The molecule has 3 N–H and O–H groups in total. The molecule has 12 heavy (non-hydrogen) atoms. The summed E-state index contributed by atoms with van der Waals surface area (Å²) in [6.07, 6.45) is 0.488. The van der Waals surface area contributed by atoms with Gasteiger partial charge in [0.1, 0.15) is 0 Å². The SMILES string of the molecule is C1NCNC(C2SCSCS2)N1. The van der Waals surface area contributed by atoms with Crippen LogP contribution < -0.4 is 16.0 Å². The van der Waals surface area contributed by atoms with E-state index >= 15 is 0 Å². The van der Waals surface area contributed by atoms with Gasteiger partial charge in [-0.3, -0.25) is 16.0 Å². The molecule has 0 amide bonds. The molecule has 3 nitrogen and oxygen atoms in total. The van der Waals surface area contributed by atoms with Crippen molar-refractivity contribution in [2.24, 2.45) is 0 Å². The molecule has 0 unspecified atom stereocenters. The molecule has 0 saturated carbocycles. The molecular weight excluding hydrogens is 210 g/mol. The van der Waals surface area contributed by atoms with Crippen molar-refractivity contribution in [2.75, 3.05) is 23.5 Å². The average molecular weight is 223 g/mol. The first-order valence-corrected chi connectivity index (χ1v) is 7.20. The first-order chi connectivity index (χ1) is 5.97. The molecule has 2 aliphatic rings. The summed E-state index contributed by atoms with van der Waals surface area (Å²) >= 11 is 6.10. The van der Waals surface area contributed by atoms with Crippen molar-refractivity contribution >= 4 is 35.3 Å². The van der Waals surface area contributed by atoms with Gasteiger partial charge in [0.25, 0.3) is 0 Å². The van der Waals surface area contributed by atoms with E-state index in [1.807, 2.05) is 35.3 Å². The fraction of sp³-hybridized carbons (Fsp3) is 1.00. The van der Waals surface area contributed by atoms with Crippen LogP contribution >= 0.6 is 35.3 Å². The molecule has 0 aromatic heterocycles. The molecular formula is C6H13N3S3. The quantitative estimate of drug-likeness (QED) is 0.600. The Balaban J connectivity index is 1.80. The van der Waals surface area contributed by atoms with Crippen molar-refractivity contribution in [2.45, 2.75) is 10.7 Å². The van der Waals surface area contributed by atoms with Crippen LogP contribution in [0.15, 0.2) is 0 Å². The molecule has 2 saturated heterocycles. The molecule has 0 aromatic rings. The van der Waals surface area contributed by atoms with E-state index in [1.54, 1.807) is 0 Å². The molecule has 0 atom stereocenters. The molecule has 2 fully saturated rings. The van der Waals surface area contributed by atoms with Gasteiger partial charge >= 0.3 is 0 Å². The smallest absolute Gasteiger partial charge is 0.0808 e. The normalized spacial score (nSPS) is 29.0. The van der Waals surface area contributed by atoms with Gasteiger partial charge < -0.3 is 0 Å². The third-order valence-electron chi connectivity index (χ3n) is 1.80. The van der Waals surface area contributed by atoms with Crippen molar-refractivity contribution in [1.82, 2.24) is 16.0 Å². The van der Waals surface area contributed by atoms with Crippen LogP contribution in [0, 0.1) is 0 Å². The topological polar surface area (TPSA) is 36.1 Å². The van der Waals surface area contributed by atoms with E-state index in [4.69, 9.17) is 0 Å².